The van der Waals surface area contributed by atoms with Crippen molar-refractivity contribution in [2.75, 3.05) is 6.54 Å². The Morgan fingerprint density at radius 1 is 1.09 bits per heavy atom. The number of carbonyl (C=O) groups excluding carboxylic acids is 1. The molecule has 0 aliphatic rings. The second kappa shape index (κ2) is 6.58. The number of rotatable bonds is 4. The van der Waals surface area contributed by atoms with Crippen molar-refractivity contribution < 1.29 is 9.90 Å². The average molecular weight is 306 g/mol. The van der Waals surface area contributed by atoms with Gasteiger partial charge in [-0.1, -0.05) is 48.5 Å². The SMILES string of the molecule is Cc1ccccc1C(O)CNC(=O)c1ccc2ccccc2n1. The van der Waals surface area contributed by atoms with Gasteiger partial charge in [0.1, 0.15) is 5.69 Å². The number of nitrogens with zero attached hydrogens (tertiary/aromatic N) is 1. The van der Waals surface area contributed by atoms with E-state index in [1.165, 1.54) is 0 Å². The number of para-hydroxylation sites is 1. The second-order valence-electron chi connectivity index (χ2n) is 5.47. The number of fused-ring (bicyclic) bond motifs is 1. The maximum absolute atomic E-state index is 12.2. The highest BCUT2D eigenvalue weighted by Crippen LogP contribution is 2.16. The van der Waals surface area contributed by atoms with Crippen LogP contribution in [0.5, 0.6) is 0 Å². The molecule has 0 saturated heterocycles. The van der Waals surface area contributed by atoms with Crippen molar-refractivity contribution in [1.29, 1.82) is 0 Å². The van der Waals surface area contributed by atoms with E-state index in [9.17, 15) is 9.90 Å². The van der Waals surface area contributed by atoms with Gasteiger partial charge in [-0.25, -0.2) is 4.98 Å². The molecule has 4 nitrogen and oxygen atoms in total. The minimum absolute atomic E-state index is 0.151. The Morgan fingerprint density at radius 3 is 2.65 bits per heavy atom. The molecule has 1 unspecified atom stereocenters. The number of aliphatic hydroxyl groups excluding tert-OH is 1. The molecule has 1 heterocycles. The van der Waals surface area contributed by atoms with Crippen molar-refractivity contribution in [3.05, 3.63) is 77.5 Å². The Kier molecular flexibility index (Phi) is 4.35. The lowest BCUT2D eigenvalue weighted by atomic mass is 10.0. The van der Waals surface area contributed by atoms with E-state index >= 15 is 0 Å². The summed E-state index contributed by atoms with van der Waals surface area (Å²) in [4.78, 5) is 16.6. The molecule has 1 aromatic heterocycles. The molecule has 116 valence electrons. The van der Waals surface area contributed by atoms with Gasteiger partial charge >= 0.3 is 0 Å². The summed E-state index contributed by atoms with van der Waals surface area (Å²) < 4.78 is 0. The maximum atomic E-state index is 12.2. The number of carbonyl (C=O) groups is 1. The fourth-order valence-corrected chi connectivity index (χ4v) is 2.54. The summed E-state index contributed by atoms with van der Waals surface area (Å²) in [7, 11) is 0. The number of benzene rings is 2. The third kappa shape index (κ3) is 3.38. The molecule has 0 fully saturated rings. The first-order valence-corrected chi connectivity index (χ1v) is 7.53. The van der Waals surface area contributed by atoms with Crippen LogP contribution >= 0.6 is 0 Å². The molecular formula is C19H18N2O2. The zero-order chi connectivity index (χ0) is 16.2. The maximum Gasteiger partial charge on any atom is 0.270 e. The highest BCUT2D eigenvalue weighted by atomic mass is 16.3. The molecule has 0 saturated carbocycles. The van der Waals surface area contributed by atoms with Gasteiger partial charge in [0.15, 0.2) is 0 Å². The summed E-state index contributed by atoms with van der Waals surface area (Å²) in [6, 6.07) is 18.8. The van der Waals surface area contributed by atoms with Crippen LogP contribution in [0.15, 0.2) is 60.7 Å². The molecule has 0 radical (unpaired) electrons. The highest BCUT2D eigenvalue weighted by molar-refractivity contribution is 5.94. The van der Waals surface area contributed by atoms with Crippen LogP contribution in [0.3, 0.4) is 0 Å². The number of aromatic nitrogens is 1. The zero-order valence-corrected chi connectivity index (χ0v) is 12.9. The van der Waals surface area contributed by atoms with Crippen LogP contribution in [0.25, 0.3) is 10.9 Å². The van der Waals surface area contributed by atoms with E-state index in [0.717, 1.165) is 22.0 Å². The molecule has 0 bridgehead atoms. The van der Waals surface area contributed by atoms with Crippen LogP contribution in [0.4, 0.5) is 0 Å². The number of amides is 1. The molecule has 1 atom stereocenters. The third-order valence-corrected chi connectivity index (χ3v) is 3.83. The number of aliphatic hydroxyl groups is 1. The predicted octanol–water partition coefficient (Wildman–Crippen LogP) is 3.01. The second-order valence-corrected chi connectivity index (χ2v) is 5.47. The topological polar surface area (TPSA) is 62.2 Å². The molecule has 0 spiro atoms. The van der Waals surface area contributed by atoms with Gasteiger partial charge in [0.2, 0.25) is 0 Å². The van der Waals surface area contributed by atoms with E-state index in [4.69, 9.17) is 0 Å². The minimum Gasteiger partial charge on any atom is -0.387 e. The first-order valence-electron chi connectivity index (χ1n) is 7.53. The van der Waals surface area contributed by atoms with Gasteiger partial charge < -0.3 is 10.4 Å². The molecular weight excluding hydrogens is 288 g/mol. The lowest BCUT2D eigenvalue weighted by molar-refractivity contribution is 0.0911. The first kappa shape index (κ1) is 15.2. The summed E-state index contributed by atoms with van der Waals surface area (Å²) in [6.45, 7) is 2.09. The number of nitrogens with one attached hydrogen (secondary N) is 1. The molecule has 0 aliphatic heterocycles. The van der Waals surface area contributed by atoms with Crippen molar-refractivity contribution in [3.8, 4) is 0 Å². The first-order chi connectivity index (χ1) is 11.1. The van der Waals surface area contributed by atoms with Crippen LogP contribution in [-0.4, -0.2) is 22.5 Å². The van der Waals surface area contributed by atoms with Crippen LogP contribution in [0.2, 0.25) is 0 Å². The third-order valence-electron chi connectivity index (χ3n) is 3.83. The van der Waals surface area contributed by atoms with Crippen LogP contribution < -0.4 is 5.32 Å². The van der Waals surface area contributed by atoms with E-state index in [2.05, 4.69) is 10.3 Å². The van der Waals surface area contributed by atoms with E-state index in [-0.39, 0.29) is 12.5 Å². The number of aryl methyl sites for hydroxylation is 1. The largest absolute Gasteiger partial charge is 0.387 e. The van der Waals surface area contributed by atoms with Crippen molar-refractivity contribution in [1.82, 2.24) is 10.3 Å². The minimum atomic E-state index is -0.736. The lowest BCUT2D eigenvalue weighted by Gasteiger charge is -2.14. The predicted molar refractivity (Wildman–Crippen MR) is 90.2 cm³/mol. The number of pyridine rings is 1. The highest BCUT2D eigenvalue weighted by Gasteiger charge is 2.13. The summed E-state index contributed by atoms with van der Waals surface area (Å²) in [5.41, 5.74) is 2.94. The van der Waals surface area contributed by atoms with Gasteiger partial charge in [-0.3, -0.25) is 4.79 Å². The van der Waals surface area contributed by atoms with E-state index in [1.54, 1.807) is 6.07 Å². The van der Waals surface area contributed by atoms with Crippen molar-refractivity contribution >= 4 is 16.8 Å². The van der Waals surface area contributed by atoms with Gasteiger partial charge in [-0.2, -0.15) is 0 Å². The van der Waals surface area contributed by atoms with Gasteiger partial charge in [-0.05, 0) is 30.2 Å². The van der Waals surface area contributed by atoms with Crippen molar-refractivity contribution in [3.63, 3.8) is 0 Å². The van der Waals surface area contributed by atoms with Gasteiger partial charge in [0.05, 0.1) is 11.6 Å². The van der Waals surface area contributed by atoms with Gasteiger partial charge in [-0.15, -0.1) is 0 Å². The molecule has 4 heteroatoms. The smallest absolute Gasteiger partial charge is 0.270 e. The molecule has 23 heavy (non-hydrogen) atoms. The molecule has 3 aromatic rings. The Balaban J connectivity index is 1.70. The van der Waals surface area contributed by atoms with Crippen LogP contribution in [-0.2, 0) is 0 Å². The van der Waals surface area contributed by atoms with E-state index in [1.807, 2.05) is 61.5 Å². The normalized spacial score (nSPS) is 12.1. The van der Waals surface area contributed by atoms with E-state index < -0.39 is 6.10 Å². The number of hydrogen-bond acceptors (Lipinski definition) is 3. The Morgan fingerprint density at radius 2 is 1.83 bits per heavy atom. The van der Waals surface area contributed by atoms with Gasteiger partial charge in [0, 0.05) is 11.9 Å². The van der Waals surface area contributed by atoms with Crippen molar-refractivity contribution in [2.24, 2.45) is 0 Å². The molecule has 1 amide bonds. The lowest BCUT2D eigenvalue weighted by Crippen LogP contribution is -2.29. The Labute approximate surface area is 134 Å². The molecule has 0 aliphatic carbocycles. The average Bonchev–Trinajstić information content (AvgIpc) is 2.59. The monoisotopic (exact) mass is 306 g/mol. The van der Waals surface area contributed by atoms with Crippen LogP contribution in [0.1, 0.15) is 27.7 Å². The Bertz CT molecular complexity index is 845. The van der Waals surface area contributed by atoms with E-state index in [0.29, 0.717) is 5.69 Å². The fourth-order valence-electron chi connectivity index (χ4n) is 2.54. The van der Waals surface area contributed by atoms with Gasteiger partial charge in [0.25, 0.3) is 5.91 Å². The Hall–Kier alpha value is -2.72. The molecule has 2 N–H and O–H groups in total. The van der Waals surface area contributed by atoms with Crippen molar-refractivity contribution in [2.45, 2.75) is 13.0 Å². The molecule has 3 rings (SSSR count). The summed E-state index contributed by atoms with van der Waals surface area (Å²) in [5.74, 6) is -0.289. The summed E-state index contributed by atoms with van der Waals surface area (Å²) >= 11 is 0. The molecule has 2 aromatic carbocycles. The summed E-state index contributed by atoms with van der Waals surface area (Å²) in [5, 5.41) is 14.0. The quantitative estimate of drug-likeness (QED) is 0.779. The van der Waals surface area contributed by atoms with Crippen LogP contribution in [0, 0.1) is 6.92 Å². The fraction of sp³-hybridized carbons (Fsp3) is 0.158. The zero-order valence-electron chi connectivity index (χ0n) is 12.9. The number of hydrogen-bond donors (Lipinski definition) is 2. The summed E-state index contributed by atoms with van der Waals surface area (Å²) in [6.07, 6.45) is -0.736. The standard InChI is InChI=1S/C19H18N2O2/c1-13-6-2-4-8-15(13)18(22)12-20-19(23)17-11-10-14-7-3-5-9-16(14)21-17/h2-11,18,22H,12H2,1H3,(H,20,23).